The number of alkyl halides is 2. The molecular weight excluding hydrogens is 386 g/mol. The molecule has 0 fully saturated rings. The number of rotatable bonds is 6. The molecule has 2 N–H and O–H groups in total. The molecule has 0 heterocycles. The van der Waals surface area contributed by atoms with Gasteiger partial charge in [-0.2, -0.15) is 8.78 Å². The zero-order valence-electron chi connectivity index (χ0n) is 12.3. The summed E-state index contributed by atoms with van der Waals surface area (Å²) in [6.07, 6.45) is 0. The second kappa shape index (κ2) is 8.39. The number of anilines is 1. The summed E-state index contributed by atoms with van der Waals surface area (Å²) in [5, 5.41) is 4.86. The van der Waals surface area contributed by atoms with Crippen LogP contribution in [-0.2, 0) is 4.79 Å². The van der Waals surface area contributed by atoms with Crippen molar-refractivity contribution in [2.45, 2.75) is 6.61 Å². The summed E-state index contributed by atoms with van der Waals surface area (Å²) in [6, 6.07) is 12.5. The number of amides is 2. The molecule has 0 aliphatic rings. The molecule has 24 heavy (non-hydrogen) atoms. The van der Waals surface area contributed by atoms with E-state index < -0.39 is 18.4 Å². The third kappa shape index (κ3) is 5.31. The lowest BCUT2D eigenvalue weighted by Crippen LogP contribution is -2.33. The third-order valence-corrected chi connectivity index (χ3v) is 3.37. The molecule has 0 saturated carbocycles. The summed E-state index contributed by atoms with van der Waals surface area (Å²) in [5.41, 5.74) is 0.484. The maximum atomic E-state index is 12.3. The monoisotopic (exact) mass is 398 g/mol. The van der Waals surface area contributed by atoms with Crippen molar-refractivity contribution in [2.24, 2.45) is 0 Å². The maximum absolute atomic E-state index is 12.3. The van der Waals surface area contributed by atoms with Gasteiger partial charge in [0.25, 0.3) is 5.91 Å². The van der Waals surface area contributed by atoms with Crippen LogP contribution in [-0.4, -0.2) is 25.0 Å². The van der Waals surface area contributed by atoms with Gasteiger partial charge in [-0.3, -0.25) is 9.59 Å². The average Bonchev–Trinajstić information content (AvgIpc) is 2.54. The highest BCUT2D eigenvalue weighted by Crippen LogP contribution is 2.25. The summed E-state index contributed by atoms with van der Waals surface area (Å²) in [5.74, 6) is -1.15. The molecule has 2 aromatic rings. The number of carbonyl (C=O) groups excluding carboxylic acids is 2. The van der Waals surface area contributed by atoms with E-state index in [1.54, 1.807) is 30.3 Å². The van der Waals surface area contributed by atoms with Crippen LogP contribution in [0.3, 0.4) is 0 Å². The van der Waals surface area contributed by atoms with Crippen LogP contribution in [0.1, 0.15) is 10.4 Å². The van der Waals surface area contributed by atoms with Gasteiger partial charge in [-0.15, -0.1) is 0 Å². The Kier molecular flexibility index (Phi) is 6.25. The minimum Gasteiger partial charge on any atom is -0.433 e. The lowest BCUT2D eigenvalue weighted by atomic mass is 10.2. The third-order valence-electron chi connectivity index (χ3n) is 2.87. The largest absolute Gasteiger partial charge is 0.433 e. The quantitative estimate of drug-likeness (QED) is 0.783. The first-order chi connectivity index (χ1) is 11.5. The Morgan fingerprint density at radius 3 is 2.58 bits per heavy atom. The molecule has 5 nitrogen and oxygen atoms in total. The minimum atomic E-state index is -3.00. The predicted octanol–water partition coefficient (Wildman–Crippen LogP) is 3.42. The normalized spacial score (nSPS) is 10.3. The Labute approximate surface area is 145 Å². The highest BCUT2D eigenvalue weighted by molar-refractivity contribution is 9.10. The Morgan fingerprint density at radius 1 is 1.12 bits per heavy atom. The standard InChI is InChI=1S/C16H13BrF2N2O3/c17-11-5-3-4-10(8-11)15(23)20-9-14(22)21-12-6-1-2-7-13(12)24-16(18)19/h1-8,16H,9H2,(H,20,23)(H,21,22). The second-order valence-corrected chi connectivity index (χ2v) is 5.53. The van der Waals surface area contributed by atoms with Crippen LogP contribution in [0.25, 0.3) is 0 Å². The number of para-hydroxylation sites is 2. The molecule has 2 rings (SSSR count). The molecule has 0 aliphatic carbocycles. The van der Waals surface area contributed by atoms with E-state index in [1.807, 2.05) is 0 Å². The summed E-state index contributed by atoms with van der Waals surface area (Å²) in [6.45, 7) is -3.31. The predicted molar refractivity (Wildman–Crippen MR) is 88.2 cm³/mol. The van der Waals surface area contributed by atoms with Crippen LogP contribution in [0.2, 0.25) is 0 Å². The maximum Gasteiger partial charge on any atom is 0.387 e. The molecule has 126 valence electrons. The molecule has 0 aliphatic heterocycles. The van der Waals surface area contributed by atoms with E-state index in [0.717, 1.165) is 4.47 Å². The first-order valence-electron chi connectivity index (χ1n) is 6.83. The van der Waals surface area contributed by atoms with Crippen molar-refractivity contribution < 1.29 is 23.1 Å². The van der Waals surface area contributed by atoms with Crippen LogP contribution in [0, 0.1) is 0 Å². The molecular formula is C16H13BrF2N2O3. The van der Waals surface area contributed by atoms with Crippen LogP contribution < -0.4 is 15.4 Å². The molecule has 0 aromatic heterocycles. The zero-order valence-corrected chi connectivity index (χ0v) is 13.8. The Hall–Kier alpha value is -2.48. The van der Waals surface area contributed by atoms with E-state index in [9.17, 15) is 18.4 Å². The van der Waals surface area contributed by atoms with Gasteiger partial charge in [0.15, 0.2) is 0 Å². The molecule has 0 unspecified atom stereocenters. The van der Waals surface area contributed by atoms with Gasteiger partial charge in [-0.1, -0.05) is 34.1 Å². The van der Waals surface area contributed by atoms with E-state index in [-0.39, 0.29) is 18.0 Å². The lowest BCUT2D eigenvalue weighted by Gasteiger charge is -2.12. The van der Waals surface area contributed by atoms with E-state index in [1.165, 1.54) is 18.2 Å². The van der Waals surface area contributed by atoms with Gasteiger partial charge < -0.3 is 15.4 Å². The smallest absolute Gasteiger partial charge is 0.387 e. The SMILES string of the molecule is O=C(CNC(=O)c1cccc(Br)c1)Nc1ccccc1OC(F)F. The van der Waals surface area contributed by atoms with Crippen molar-refractivity contribution >= 4 is 33.4 Å². The van der Waals surface area contributed by atoms with Gasteiger partial charge in [-0.25, -0.2) is 0 Å². The first-order valence-corrected chi connectivity index (χ1v) is 7.62. The Balaban J connectivity index is 1.93. The van der Waals surface area contributed by atoms with Gasteiger partial charge in [0.1, 0.15) is 5.75 Å². The van der Waals surface area contributed by atoms with Crippen molar-refractivity contribution in [2.75, 3.05) is 11.9 Å². The summed E-state index contributed by atoms with van der Waals surface area (Å²) < 4.78 is 29.7. The van der Waals surface area contributed by atoms with E-state index in [4.69, 9.17) is 0 Å². The molecule has 0 bridgehead atoms. The minimum absolute atomic E-state index is 0.0968. The fourth-order valence-electron chi connectivity index (χ4n) is 1.86. The molecule has 0 saturated heterocycles. The topological polar surface area (TPSA) is 67.4 Å². The lowest BCUT2D eigenvalue weighted by molar-refractivity contribution is -0.115. The summed E-state index contributed by atoms with van der Waals surface area (Å²) in [7, 11) is 0. The molecule has 0 spiro atoms. The fourth-order valence-corrected chi connectivity index (χ4v) is 2.25. The Morgan fingerprint density at radius 2 is 1.88 bits per heavy atom. The van der Waals surface area contributed by atoms with Crippen molar-refractivity contribution in [3.05, 3.63) is 58.6 Å². The van der Waals surface area contributed by atoms with Crippen LogP contribution in [0.5, 0.6) is 5.75 Å². The number of carbonyl (C=O) groups is 2. The van der Waals surface area contributed by atoms with Gasteiger partial charge in [0, 0.05) is 10.0 Å². The van der Waals surface area contributed by atoms with E-state index >= 15 is 0 Å². The highest BCUT2D eigenvalue weighted by Gasteiger charge is 2.13. The van der Waals surface area contributed by atoms with Crippen molar-refractivity contribution in [3.8, 4) is 5.75 Å². The van der Waals surface area contributed by atoms with Gasteiger partial charge in [0.05, 0.1) is 12.2 Å². The Bertz CT molecular complexity index is 741. The number of halogens is 3. The van der Waals surface area contributed by atoms with Gasteiger partial charge in [0.2, 0.25) is 5.91 Å². The molecule has 2 aromatic carbocycles. The van der Waals surface area contributed by atoms with Crippen LogP contribution >= 0.6 is 15.9 Å². The van der Waals surface area contributed by atoms with Crippen molar-refractivity contribution in [1.82, 2.24) is 5.32 Å². The van der Waals surface area contributed by atoms with E-state index in [0.29, 0.717) is 5.56 Å². The molecule has 0 radical (unpaired) electrons. The zero-order chi connectivity index (χ0) is 17.5. The fraction of sp³-hybridized carbons (Fsp3) is 0.125. The summed E-state index contributed by atoms with van der Waals surface area (Å²) in [4.78, 5) is 23.8. The van der Waals surface area contributed by atoms with Gasteiger partial charge >= 0.3 is 6.61 Å². The number of ether oxygens (including phenoxy) is 1. The molecule has 2 amide bonds. The average molecular weight is 399 g/mol. The summed E-state index contributed by atoms with van der Waals surface area (Å²) >= 11 is 3.25. The van der Waals surface area contributed by atoms with Crippen LogP contribution in [0.15, 0.2) is 53.0 Å². The van der Waals surface area contributed by atoms with Crippen molar-refractivity contribution in [3.63, 3.8) is 0 Å². The number of hydrogen-bond donors (Lipinski definition) is 2. The number of benzene rings is 2. The van der Waals surface area contributed by atoms with Crippen LogP contribution in [0.4, 0.5) is 14.5 Å². The van der Waals surface area contributed by atoms with Gasteiger partial charge in [-0.05, 0) is 30.3 Å². The number of nitrogens with one attached hydrogen (secondary N) is 2. The number of hydrogen-bond acceptors (Lipinski definition) is 3. The molecule has 8 heteroatoms. The highest BCUT2D eigenvalue weighted by atomic mass is 79.9. The van der Waals surface area contributed by atoms with Crippen molar-refractivity contribution in [1.29, 1.82) is 0 Å². The second-order valence-electron chi connectivity index (χ2n) is 4.62. The first kappa shape index (κ1) is 17.9. The van der Waals surface area contributed by atoms with E-state index in [2.05, 4.69) is 31.3 Å². The molecule has 0 atom stereocenters.